The molecule has 5 nitrogen and oxygen atoms in total. The molecule has 0 bridgehead atoms. The van der Waals surface area contributed by atoms with Crippen LogP contribution in [0.5, 0.6) is 11.5 Å². The topological polar surface area (TPSA) is 60.2 Å². The Labute approximate surface area is 154 Å². The van der Waals surface area contributed by atoms with Gasteiger partial charge in [-0.15, -0.1) is 15.0 Å². The van der Waals surface area contributed by atoms with Crippen LogP contribution in [0.25, 0.3) is 16.7 Å². The predicted molar refractivity (Wildman–Crippen MR) is 104 cm³/mol. The quantitative estimate of drug-likeness (QED) is 0.721. The molecular weight excluding hydrogens is 326 g/mol. The Balaban J connectivity index is 2.23. The summed E-state index contributed by atoms with van der Waals surface area (Å²) in [5.74, 6) is 1.36. The maximum atomic E-state index is 11.0. The number of fused-ring (bicyclic) bond motifs is 1. The monoisotopic (exact) mass is 353 g/mol. The van der Waals surface area contributed by atoms with E-state index in [4.69, 9.17) is 4.74 Å². The van der Waals surface area contributed by atoms with Crippen LogP contribution in [0.2, 0.25) is 0 Å². The number of methoxy groups -OCH3 is 1. The standard InChI is InChI=1S/C21H27N3O2/c1-7-13(2)14-10-16(21(3,4)5)20(25)19(11-14)24-22-17-9-8-15(26-6)12-18(17)23-24/h8-13,25H,7H2,1-6H3. The lowest BCUT2D eigenvalue weighted by molar-refractivity contribution is 0.415. The number of hydrogen-bond donors (Lipinski definition) is 1. The number of phenolic OH excluding ortho intramolecular Hbond substituents is 1. The minimum atomic E-state index is -0.182. The van der Waals surface area contributed by atoms with E-state index < -0.39 is 0 Å². The molecule has 3 rings (SSSR count). The van der Waals surface area contributed by atoms with Gasteiger partial charge in [0.25, 0.3) is 0 Å². The Morgan fingerprint density at radius 3 is 2.42 bits per heavy atom. The van der Waals surface area contributed by atoms with Gasteiger partial charge in [-0.2, -0.15) is 0 Å². The maximum absolute atomic E-state index is 11.0. The van der Waals surface area contributed by atoms with E-state index in [9.17, 15) is 5.11 Å². The summed E-state index contributed by atoms with van der Waals surface area (Å²) in [7, 11) is 1.63. The van der Waals surface area contributed by atoms with Gasteiger partial charge in [-0.05, 0) is 41.5 Å². The van der Waals surface area contributed by atoms with E-state index in [2.05, 4.69) is 50.9 Å². The molecule has 0 spiro atoms. The molecule has 0 aliphatic rings. The molecule has 0 aliphatic carbocycles. The Morgan fingerprint density at radius 2 is 1.81 bits per heavy atom. The third kappa shape index (κ3) is 3.26. The van der Waals surface area contributed by atoms with Gasteiger partial charge in [0.15, 0.2) is 0 Å². The Kier molecular flexibility index (Phi) is 4.65. The van der Waals surface area contributed by atoms with Crippen molar-refractivity contribution in [2.45, 2.75) is 52.4 Å². The Morgan fingerprint density at radius 1 is 1.12 bits per heavy atom. The molecular formula is C21H27N3O2. The smallest absolute Gasteiger partial charge is 0.146 e. The lowest BCUT2D eigenvalue weighted by Gasteiger charge is -2.24. The summed E-state index contributed by atoms with van der Waals surface area (Å²) in [4.78, 5) is 1.53. The van der Waals surface area contributed by atoms with Crippen LogP contribution in [0.3, 0.4) is 0 Å². The van der Waals surface area contributed by atoms with Crippen molar-refractivity contribution in [3.05, 3.63) is 41.5 Å². The summed E-state index contributed by atoms with van der Waals surface area (Å²) >= 11 is 0. The van der Waals surface area contributed by atoms with Gasteiger partial charge in [-0.3, -0.25) is 0 Å². The van der Waals surface area contributed by atoms with E-state index in [1.807, 2.05) is 24.3 Å². The largest absolute Gasteiger partial charge is 0.505 e. The van der Waals surface area contributed by atoms with E-state index in [0.29, 0.717) is 11.6 Å². The number of nitrogens with zero attached hydrogens (tertiary/aromatic N) is 3. The molecule has 2 aromatic carbocycles. The van der Waals surface area contributed by atoms with Crippen molar-refractivity contribution in [2.75, 3.05) is 7.11 Å². The molecule has 1 N–H and O–H groups in total. The average molecular weight is 353 g/mol. The summed E-state index contributed by atoms with van der Waals surface area (Å²) < 4.78 is 5.26. The second-order valence-corrected chi connectivity index (χ2v) is 7.84. The first-order valence-electron chi connectivity index (χ1n) is 9.03. The summed E-state index contributed by atoms with van der Waals surface area (Å²) in [5.41, 5.74) is 4.01. The number of benzene rings is 2. The molecule has 1 heterocycles. The van der Waals surface area contributed by atoms with Crippen molar-refractivity contribution >= 4 is 11.0 Å². The molecule has 1 aromatic heterocycles. The van der Waals surface area contributed by atoms with E-state index in [0.717, 1.165) is 28.8 Å². The van der Waals surface area contributed by atoms with Gasteiger partial charge < -0.3 is 9.84 Å². The molecule has 3 aromatic rings. The molecule has 26 heavy (non-hydrogen) atoms. The zero-order chi connectivity index (χ0) is 19.1. The fraction of sp³-hybridized carbons (Fsp3) is 0.429. The number of phenols is 1. The first kappa shape index (κ1) is 18.2. The molecule has 0 radical (unpaired) electrons. The third-order valence-corrected chi connectivity index (χ3v) is 4.90. The van der Waals surface area contributed by atoms with Gasteiger partial charge in [0, 0.05) is 11.6 Å². The highest BCUT2D eigenvalue weighted by atomic mass is 16.5. The van der Waals surface area contributed by atoms with Crippen LogP contribution in [-0.4, -0.2) is 27.2 Å². The highest BCUT2D eigenvalue weighted by Gasteiger charge is 2.24. The van der Waals surface area contributed by atoms with Crippen molar-refractivity contribution < 1.29 is 9.84 Å². The van der Waals surface area contributed by atoms with Gasteiger partial charge in [0.2, 0.25) is 0 Å². The predicted octanol–water partition coefficient (Wildman–Crippen LogP) is 4.95. The number of ether oxygens (including phenoxy) is 1. The minimum absolute atomic E-state index is 0.182. The Hall–Kier alpha value is -2.56. The summed E-state index contributed by atoms with van der Waals surface area (Å²) in [5, 5.41) is 20.1. The molecule has 0 saturated carbocycles. The highest BCUT2D eigenvalue weighted by Crippen LogP contribution is 2.38. The van der Waals surface area contributed by atoms with Crippen LogP contribution in [0.15, 0.2) is 30.3 Å². The van der Waals surface area contributed by atoms with Gasteiger partial charge in [-0.1, -0.05) is 40.7 Å². The third-order valence-electron chi connectivity index (χ3n) is 4.90. The average Bonchev–Trinajstić information content (AvgIpc) is 3.02. The summed E-state index contributed by atoms with van der Waals surface area (Å²) in [6.07, 6.45) is 1.03. The van der Waals surface area contributed by atoms with Crippen LogP contribution >= 0.6 is 0 Å². The number of aromatic nitrogens is 3. The summed E-state index contributed by atoms with van der Waals surface area (Å²) in [6.45, 7) is 10.7. The van der Waals surface area contributed by atoms with Gasteiger partial charge >= 0.3 is 0 Å². The van der Waals surface area contributed by atoms with Gasteiger partial charge in [-0.25, -0.2) is 0 Å². The minimum Gasteiger partial charge on any atom is -0.505 e. The van der Waals surface area contributed by atoms with Crippen LogP contribution in [-0.2, 0) is 5.41 Å². The van der Waals surface area contributed by atoms with Crippen molar-refractivity contribution in [1.82, 2.24) is 15.0 Å². The van der Waals surface area contributed by atoms with E-state index in [1.165, 1.54) is 10.4 Å². The van der Waals surface area contributed by atoms with Crippen molar-refractivity contribution in [3.8, 4) is 17.2 Å². The van der Waals surface area contributed by atoms with Crippen LogP contribution in [0, 0.1) is 0 Å². The van der Waals surface area contributed by atoms with E-state index in [1.54, 1.807) is 7.11 Å². The zero-order valence-corrected chi connectivity index (χ0v) is 16.4. The maximum Gasteiger partial charge on any atom is 0.146 e. The van der Waals surface area contributed by atoms with Crippen LogP contribution < -0.4 is 4.74 Å². The van der Waals surface area contributed by atoms with E-state index >= 15 is 0 Å². The lowest BCUT2D eigenvalue weighted by atomic mass is 9.83. The second kappa shape index (κ2) is 6.63. The lowest BCUT2D eigenvalue weighted by Crippen LogP contribution is -2.14. The fourth-order valence-electron chi connectivity index (χ4n) is 3.01. The van der Waals surface area contributed by atoms with Crippen LogP contribution in [0.4, 0.5) is 0 Å². The van der Waals surface area contributed by atoms with Crippen LogP contribution in [0.1, 0.15) is 58.1 Å². The van der Waals surface area contributed by atoms with Crippen molar-refractivity contribution in [1.29, 1.82) is 0 Å². The zero-order valence-electron chi connectivity index (χ0n) is 16.4. The molecule has 1 unspecified atom stereocenters. The normalized spacial score (nSPS) is 13.2. The van der Waals surface area contributed by atoms with E-state index in [-0.39, 0.29) is 11.2 Å². The first-order chi connectivity index (χ1) is 12.2. The molecule has 1 atom stereocenters. The molecule has 0 aliphatic heterocycles. The number of hydrogen-bond acceptors (Lipinski definition) is 4. The fourth-order valence-corrected chi connectivity index (χ4v) is 3.01. The summed E-state index contributed by atoms with van der Waals surface area (Å²) in [6, 6.07) is 9.68. The first-order valence-corrected chi connectivity index (χ1v) is 9.03. The van der Waals surface area contributed by atoms with Gasteiger partial charge in [0.1, 0.15) is 28.2 Å². The molecule has 0 fully saturated rings. The van der Waals surface area contributed by atoms with Crippen molar-refractivity contribution in [3.63, 3.8) is 0 Å². The highest BCUT2D eigenvalue weighted by molar-refractivity contribution is 5.76. The van der Waals surface area contributed by atoms with Crippen molar-refractivity contribution in [2.24, 2.45) is 0 Å². The SMILES string of the molecule is CCC(C)c1cc(-n2nc3ccc(OC)cc3n2)c(O)c(C(C)(C)C)c1. The number of aromatic hydroxyl groups is 1. The Bertz CT molecular complexity index is 938. The molecule has 5 heteroatoms. The molecule has 0 saturated heterocycles. The molecule has 0 amide bonds. The van der Waals surface area contributed by atoms with Gasteiger partial charge in [0.05, 0.1) is 7.11 Å². The molecule has 138 valence electrons. The second-order valence-electron chi connectivity index (χ2n) is 7.84. The number of rotatable bonds is 4.